The van der Waals surface area contributed by atoms with E-state index in [4.69, 9.17) is 4.74 Å². The maximum atomic E-state index is 13.3. The molecule has 0 spiro atoms. The summed E-state index contributed by atoms with van der Waals surface area (Å²) in [6.45, 7) is 8.75. The van der Waals surface area contributed by atoms with E-state index < -0.39 is 17.7 Å². The fraction of sp³-hybridized carbons (Fsp3) is 0.276. The molecule has 2 heterocycles. The van der Waals surface area contributed by atoms with Gasteiger partial charge in [0.15, 0.2) is 0 Å². The van der Waals surface area contributed by atoms with Crippen molar-refractivity contribution >= 4 is 17.4 Å². The Morgan fingerprint density at radius 3 is 2.46 bits per heavy atom. The predicted molar refractivity (Wildman–Crippen MR) is 135 cm³/mol. The molecule has 0 saturated carbocycles. The van der Waals surface area contributed by atoms with Crippen LogP contribution in [0.4, 0.5) is 0 Å². The Kier molecular flexibility index (Phi) is 7.01. The lowest BCUT2D eigenvalue weighted by Gasteiger charge is -2.25. The largest absolute Gasteiger partial charge is 0.507 e. The molecule has 35 heavy (non-hydrogen) atoms. The molecule has 6 heteroatoms. The van der Waals surface area contributed by atoms with Gasteiger partial charge in [-0.25, -0.2) is 0 Å². The SMILES string of the molecule is Cc1ccc([C@H]2C(=C(O)c3ccc(OCC(C)C)cc3C)C(=O)C(=O)N2Cc2cccnc2)cc1. The minimum Gasteiger partial charge on any atom is -0.507 e. The maximum Gasteiger partial charge on any atom is 0.295 e. The molecule has 1 amide bonds. The van der Waals surface area contributed by atoms with Crippen molar-refractivity contribution in [3.8, 4) is 5.75 Å². The zero-order valence-corrected chi connectivity index (χ0v) is 20.5. The molecule has 1 atom stereocenters. The Morgan fingerprint density at radius 1 is 1.09 bits per heavy atom. The number of benzene rings is 2. The quantitative estimate of drug-likeness (QED) is 0.286. The van der Waals surface area contributed by atoms with Gasteiger partial charge in [-0.15, -0.1) is 0 Å². The van der Waals surface area contributed by atoms with Crippen molar-refractivity contribution in [1.29, 1.82) is 0 Å². The molecule has 180 valence electrons. The van der Waals surface area contributed by atoms with Gasteiger partial charge in [0.25, 0.3) is 11.7 Å². The molecule has 3 aromatic rings. The fourth-order valence-corrected chi connectivity index (χ4v) is 4.23. The number of nitrogens with zero attached hydrogens (tertiary/aromatic N) is 2. The van der Waals surface area contributed by atoms with E-state index >= 15 is 0 Å². The van der Waals surface area contributed by atoms with Crippen LogP contribution in [0, 0.1) is 19.8 Å². The van der Waals surface area contributed by atoms with Crippen LogP contribution in [0.2, 0.25) is 0 Å². The van der Waals surface area contributed by atoms with Gasteiger partial charge in [-0.2, -0.15) is 0 Å². The molecule has 1 aromatic heterocycles. The number of hydrogen-bond acceptors (Lipinski definition) is 5. The number of ketones is 1. The van der Waals surface area contributed by atoms with Gasteiger partial charge in [-0.05, 0) is 60.7 Å². The number of carbonyl (C=O) groups is 2. The van der Waals surface area contributed by atoms with Crippen LogP contribution in [0.1, 0.15) is 47.7 Å². The maximum absolute atomic E-state index is 13.3. The third-order valence-corrected chi connectivity index (χ3v) is 6.05. The Labute approximate surface area is 205 Å². The molecule has 1 N–H and O–H groups in total. The first-order valence-corrected chi connectivity index (χ1v) is 11.7. The minimum absolute atomic E-state index is 0.0849. The topological polar surface area (TPSA) is 79.7 Å². The Balaban J connectivity index is 1.79. The second-order valence-corrected chi connectivity index (χ2v) is 9.38. The van der Waals surface area contributed by atoms with E-state index in [1.165, 1.54) is 4.90 Å². The van der Waals surface area contributed by atoms with Crippen LogP contribution in [0.15, 0.2) is 72.6 Å². The monoisotopic (exact) mass is 470 g/mol. The molecule has 0 aliphatic carbocycles. The number of amides is 1. The van der Waals surface area contributed by atoms with Crippen LogP contribution in [0.5, 0.6) is 5.75 Å². The molecule has 2 aromatic carbocycles. The number of pyridine rings is 1. The van der Waals surface area contributed by atoms with E-state index in [0.717, 1.165) is 22.3 Å². The third-order valence-electron chi connectivity index (χ3n) is 6.05. The van der Waals surface area contributed by atoms with E-state index in [1.54, 1.807) is 30.6 Å². The van der Waals surface area contributed by atoms with E-state index in [1.807, 2.05) is 50.2 Å². The highest BCUT2D eigenvalue weighted by molar-refractivity contribution is 6.46. The average molecular weight is 471 g/mol. The lowest BCUT2D eigenvalue weighted by atomic mass is 9.93. The molecule has 0 bridgehead atoms. The van der Waals surface area contributed by atoms with Gasteiger partial charge in [0.2, 0.25) is 0 Å². The van der Waals surface area contributed by atoms with E-state index in [-0.39, 0.29) is 17.9 Å². The van der Waals surface area contributed by atoms with Crippen molar-refractivity contribution < 1.29 is 19.4 Å². The average Bonchev–Trinajstić information content (AvgIpc) is 3.08. The summed E-state index contributed by atoms with van der Waals surface area (Å²) in [7, 11) is 0. The van der Waals surface area contributed by atoms with Crippen LogP contribution in [-0.2, 0) is 16.1 Å². The summed E-state index contributed by atoms with van der Waals surface area (Å²) in [4.78, 5) is 32.1. The van der Waals surface area contributed by atoms with Crippen LogP contribution in [0.3, 0.4) is 0 Å². The first kappa shape index (κ1) is 24.2. The van der Waals surface area contributed by atoms with E-state index in [9.17, 15) is 14.7 Å². The zero-order valence-electron chi connectivity index (χ0n) is 20.5. The van der Waals surface area contributed by atoms with Crippen molar-refractivity contribution in [2.75, 3.05) is 6.61 Å². The fourth-order valence-electron chi connectivity index (χ4n) is 4.23. The summed E-state index contributed by atoms with van der Waals surface area (Å²) in [5.41, 5.74) is 3.96. The zero-order chi connectivity index (χ0) is 25.1. The lowest BCUT2D eigenvalue weighted by Crippen LogP contribution is -2.29. The molecular weight excluding hydrogens is 440 g/mol. The van der Waals surface area contributed by atoms with Crippen LogP contribution >= 0.6 is 0 Å². The summed E-state index contributed by atoms with van der Waals surface area (Å²) in [5.74, 6) is -0.448. The second kappa shape index (κ2) is 10.1. The number of carbonyl (C=O) groups excluding carboxylic acids is 2. The Hall–Kier alpha value is -3.93. The number of aryl methyl sites for hydroxylation is 2. The van der Waals surface area contributed by atoms with Gasteiger partial charge >= 0.3 is 0 Å². The normalized spacial score (nSPS) is 17.3. The number of hydrogen-bond donors (Lipinski definition) is 1. The Morgan fingerprint density at radius 2 is 1.83 bits per heavy atom. The summed E-state index contributed by atoms with van der Waals surface area (Å²) in [6, 6.07) is 15.9. The molecule has 1 aliphatic heterocycles. The number of likely N-dealkylation sites (tertiary alicyclic amines) is 1. The van der Waals surface area contributed by atoms with Crippen LogP contribution in [-0.4, -0.2) is 33.3 Å². The second-order valence-electron chi connectivity index (χ2n) is 9.38. The van der Waals surface area contributed by atoms with Gasteiger partial charge in [-0.1, -0.05) is 49.7 Å². The molecule has 1 aliphatic rings. The summed E-state index contributed by atoms with van der Waals surface area (Å²) in [6.07, 6.45) is 3.33. The van der Waals surface area contributed by atoms with Crippen molar-refractivity contribution in [2.24, 2.45) is 5.92 Å². The molecular formula is C29H30N2O4. The van der Waals surface area contributed by atoms with Gasteiger partial charge in [0, 0.05) is 24.5 Å². The molecule has 0 unspecified atom stereocenters. The molecule has 1 fully saturated rings. The number of rotatable bonds is 7. The number of aromatic nitrogens is 1. The van der Waals surface area contributed by atoms with E-state index in [0.29, 0.717) is 23.8 Å². The van der Waals surface area contributed by atoms with Gasteiger partial charge < -0.3 is 14.7 Å². The molecule has 4 rings (SSSR count). The number of aliphatic hydroxyl groups excluding tert-OH is 1. The summed E-state index contributed by atoms with van der Waals surface area (Å²) >= 11 is 0. The third kappa shape index (κ3) is 5.11. The van der Waals surface area contributed by atoms with Gasteiger partial charge in [-0.3, -0.25) is 14.6 Å². The first-order chi connectivity index (χ1) is 16.8. The summed E-state index contributed by atoms with van der Waals surface area (Å²) in [5, 5.41) is 11.4. The van der Waals surface area contributed by atoms with Gasteiger partial charge in [0.1, 0.15) is 11.5 Å². The Bertz CT molecular complexity index is 1260. The standard InChI is InChI=1S/C29H30N2O4/c1-18(2)17-35-23-11-12-24(20(4)14-23)27(32)25-26(22-9-7-19(3)8-10-22)31(29(34)28(25)33)16-21-6-5-13-30-15-21/h5-15,18,26,32H,16-17H2,1-4H3/t26-/m0/s1. The van der Waals surface area contributed by atoms with Gasteiger partial charge in [0.05, 0.1) is 18.2 Å². The predicted octanol–water partition coefficient (Wildman–Crippen LogP) is 5.36. The summed E-state index contributed by atoms with van der Waals surface area (Å²) < 4.78 is 5.80. The minimum atomic E-state index is -0.716. The van der Waals surface area contributed by atoms with Crippen molar-refractivity contribution in [3.63, 3.8) is 0 Å². The lowest BCUT2D eigenvalue weighted by molar-refractivity contribution is -0.140. The van der Waals surface area contributed by atoms with E-state index in [2.05, 4.69) is 18.8 Å². The highest BCUT2D eigenvalue weighted by Crippen LogP contribution is 2.41. The number of ether oxygens (including phenoxy) is 1. The highest BCUT2D eigenvalue weighted by atomic mass is 16.5. The molecule has 0 radical (unpaired) electrons. The molecule has 1 saturated heterocycles. The first-order valence-electron chi connectivity index (χ1n) is 11.7. The smallest absolute Gasteiger partial charge is 0.295 e. The van der Waals surface area contributed by atoms with Crippen molar-refractivity contribution in [2.45, 2.75) is 40.3 Å². The van der Waals surface area contributed by atoms with Crippen LogP contribution in [0.25, 0.3) is 5.76 Å². The van der Waals surface area contributed by atoms with Crippen molar-refractivity contribution in [1.82, 2.24) is 9.88 Å². The highest BCUT2D eigenvalue weighted by Gasteiger charge is 2.46. The van der Waals surface area contributed by atoms with Crippen molar-refractivity contribution in [3.05, 3.63) is 100 Å². The van der Waals surface area contributed by atoms with Crippen LogP contribution < -0.4 is 4.74 Å². The number of Topliss-reactive ketones (excluding diaryl/α,β-unsaturated/α-hetero) is 1. The molecule has 6 nitrogen and oxygen atoms in total. The number of aliphatic hydroxyl groups is 1.